The minimum Gasteiger partial charge on any atom is -0.492 e. The number of rotatable bonds is 8. The molecule has 7 heteroatoms. The van der Waals surface area contributed by atoms with Crippen molar-refractivity contribution in [3.8, 4) is 17.2 Å². The smallest absolute Gasteiger partial charge is 0.237 e. The third-order valence-corrected chi connectivity index (χ3v) is 5.00. The first-order valence-electron chi connectivity index (χ1n) is 8.78. The number of carbonyl (C=O) groups is 1. The van der Waals surface area contributed by atoms with Crippen molar-refractivity contribution in [1.82, 2.24) is 10.2 Å². The lowest BCUT2D eigenvalue weighted by Crippen LogP contribution is -2.44. The van der Waals surface area contributed by atoms with Crippen LogP contribution in [0.5, 0.6) is 17.2 Å². The molecule has 0 unspecified atom stereocenters. The third kappa shape index (κ3) is 5.37. The zero-order valence-corrected chi connectivity index (χ0v) is 17.0. The fraction of sp³-hybridized carbons (Fsp3) is 0.350. The van der Waals surface area contributed by atoms with Gasteiger partial charge in [-0.2, -0.15) is 0 Å². The number of halogens is 1. The van der Waals surface area contributed by atoms with Gasteiger partial charge in [0.1, 0.15) is 12.4 Å². The maximum Gasteiger partial charge on any atom is 0.237 e. The predicted molar refractivity (Wildman–Crippen MR) is 106 cm³/mol. The van der Waals surface area contributed by atoms with Crippen LogP contribution in [0.15, 0.2) is 46.9 Å². The first-order valence-corrected chi connectivity index (χ1v) is 9.57. The first-order chi connectivity index (χ1) is 13.0. The molecule has 0 fully saturated rings. The maximum absolute atomic E-state index is 12.4. The Morgan fingerprint density at radius 3 is 2.74 bits per heavy atom. The van der Waals surface area contributed by atoms with E-state index in [1.807, 2.05) is 61.3 Å². The van der Waals surface area contributed by atoms with Crippen molar-refractivity contribution < 1.29 is 19.0 Å². The fourth-order valence-electron chi connectivity index (χ4n) is 2.62. The number of ether oxygens (including phenoxy) is 3. The van der Waals surface area contributed by atoms with Crippen LogP contribution >= 0.6 is 15.9 Å². The fourth-order valence-corrected chi connectivity index (χ4v) is 2.88. The molecule has 0 saturated carbocycles. The number of carbonyl (C=O) groups excluding carboxylic acids is 1. The Kier molecular flexibility index (Phi) is 6.58. The van der Waals surface area contributed by atoms with Gasteiger partial charge in [0.2, 0.25) is 12.7 Å². The number of hydrogen-bond donors (Lipinski definition) is 1. The van der Waals surface area contributed by atoms with Crippen LogP contribution in [0, 0.1) is 0 Å². The van der Waals surface area contributed by atoms with E-state index in [4.69, 9.17) is 14.2 Å². The number of nitrogens with zero attached hydrogens (tertiary/aromatic N) is 1. The summed E-state index contributed by atoms with van der Waals surface area (Å²) in [5, 5.41) is 2.96. The summed E-state index contributed by atoms with van der Waals surface area (Å²) in [6, 6.07) is 13.1. The quantitative estimate of drug-likeness (QED) is 0.690. The second-order valence-electron chi connectivity index (χ2n) is 6.36. The Hall–Kier alpha value is -2.25. The van der Waals surface area contributed by atoms with E-state index in [0.717, 1.165) is 27.3 Å². The Morgan fingerprint density at radius 2 is 1.96 bits per heavy atom. The van der Waals surface area contributed by atoms with Crippen molar-refractivity contribution >= 4 is 21.8 Å². The molecule has 1 atom stereocenters. The Morgan fingerprint density at radius 1 is 1.22 bits per heavy atom. The number of amides is 1. The number of fused-ring (bicyclic) bond motifs is 1. The molecule has 1 amide bonds. The van der Waals surface area contributed by atoms with Crippen LogP contribution in [-0.2, 0) is 11.3 Å². The van der Waals surface area contributed by atoms with E-state index in [-0.39, 0.29) is 18.7 Å². The molecule has 6 nitrogen and oxygen atoms in total. The SMILES string of the molecule is C[C@@H](C(=O)NCc1ccc2c(c1)OCO2)N(C)CCOc1ccc(Br)cc1. The summed E-state index contributed by atoms with van der Waals surface area (Å²) in [5.41, 5.74) is 0.973. The largest absolute Gasteiger partial charge is 0.492 e. The highest BCUT2D eigenvalue weighted by atomic mass is 79.9. The van der Waals surface area contributed by atoms with Crippen LogP contribution < -0.4 is 19.5 Å². The Balaban J connectivity index is 1.41. The van der Waals surface area contributed by atoms with Gasteiger partial charge in [-0.05, 0) is 55.9 Å². The molecule has 0 radical (unpaired) electrons. The van der Waals surface area contributed by atoms with Crippen LogP contribution in [0.1, 0.15) is 12.5 Å². The van der Waals surface area contributed by atoms with Gasteiger partial charge in [0.15, 0.2) is 11.5 Å². The molecule has 144 valence electrons. The van der Waals surface area contributed by atoms with E-state index in [2.05, 4.69) is 21.2 Å². The van der Waals surface area contributed by atoms with Gasteiger partial charge >= 0.3 is 0 Å². The highest BCUT2D eigenvalue weighted by molar-refractivity contribution is 9.10. The molecule has 0 aliphatic carbocycles. The van der Waals surface area contributed by atoms with Crippen LogP contribution in [0.4, 0.5) is 0 Å². The van der Waals surface area contributed by atoms with Crippen molar-refractivity contribution in [1.29, 1.82) is 0 Å². The average molecular weight is 435 g/mol. The summed E-state index contributed by atoms with van der Waals surface area (Å²) < 4.78 is 17.4. The zero-order chi connectivity index (χ0) is 19.2. The molecule has 0 bridgehead atoms. The van der Waals surface area contributed by atoms with Crippen molar-refractivity contribution in [2.45, 2.75) is 19.5 Å². The zero-order valence-electron chi connectivity index (χ0n) is 15.4. The lowest BCUT2D eigenvalue weighted by atomic mass is 10.2. The summed E-state index contributed by atoms with van der Waals surface area (Å²) in [7, 11) is 1.91. The van der Waals surface area contributed by atoms with Gasteiger partial charge in [0, 0.05) is 17.6 Å². The molecular formula is C20H23BrN2O4. The maximum atomic E-state index is 12.4. The van der Waals surface area contributed by atoms with E-state index >= 15 is 0 Å². The van der Waals surface area contributed by atoms with E-state index in [0.29, 0.717) is 19.7 Å². The van der Waals surface area contributed by atoms with Gasteiger partial charge in [-0.1, -0.05) is 22.0 Å². The monoisotopic (exact) mass is 434 g/mol. The van der Waals surface area contributed by atoms with Crippen LogP contribution in [-0.4, -0.2) is 43.8 Å². The van der Waals surface area contributed by atoms with Crippen molar-refractivity contribution in [3.05, 3.63) is 52.5 Å². The average Bonchev–Trinajstić information content (AvgIpc) is 3.14. The van der Waals surface area contributed by atoms with Gasteiger partial charge in [-0.25, -0.2) is 0 Å². The number of nitrogens with one attached hydrogen (secondary N) is 1. The molecule has 1 heterocycles. The lowest BCUT2D eigenvalue weighted by molar-refractivity contribution is -0.125. The molecule has 0 spiro atoms. The Labute approximate surface area is 167 Å². The first kappa shape index (κ1) is 19.5. The minimum absolute atomic E-state index is 0.0289. The van der Waals surface area contributed by atoms with Crippen LogP contribution in [0.25, 0.3) is 0 Å². The van der Waals surface area contributed by atoms with E-state index in [1.54, 1.807) is 0 Å². The number of hydrogen-bond acceptors (Lipinski definition) is 5. The molecule has 3 rings (SSSR count). The topological polar surface area (TPSA) is 60.0 Å². The summed E-state index contributed by atoms with van der Waals surface area (Å²) in [6.45, 7) is 3.74. The molecule has 2 aromatic carbocycles. The van der Waals surface area contributed by atoms with Gasteiger partial charge in [-0.15, -0.1) is 0 Å². The molecule has 27 heavy (non-hydrogen) atoms. The molecule has 1 aliphatic rings. The van der Waals surface area contributed by atoms with Gasteiger partial charge in [-0.3, -0.25) is 9.69 Å². The highest BCUT2D eigenvalue weighted by Gasteiger charge is 2.18. The van der Waals surface area contributed by atoms with Crippen LogP contribution in [0.2, 0.25) is 0 Å². The van der Waals surface area contributed by atoms with Crippen molar-refractivity contribution in [3.63, 3.8) is 0 Å². The second-order valence-corrected chi connectivity index (χ2v) is 7.28. The standard InChI is InChI=1S/C20H23BrN2O4/c1-14(23(2)9-10-25-17-6-4-16(21)5-7-17)20(24)22-12-15-3-8-18-19(11-15)27-13-26-18/h3-8,11,14H,9-10,12-13H2,1-2H3,(H,22,24)/t14-/m0/s1. The normalized spacial score (nSPS) is 13.5. The van der Waals surface area contributed by atoms with E-state index in [1.165, 1.54) is 0 Å². The molecule has 2 aromatic rings. The third-order valence-electron chi connectivity index (χ3n) is 4.47. The van der Waals surface area contributed by atoms with Crippen molar-refractivity contribution in [2.24, 2.45) is 0 Å². The highest BCUT2D eigenvalue weighted by Crippen LogP contribution is 2.32. The van der Waals surface area contributed by atoms with Gasteiger partial charge < -0.3 is 19.5 Å². The Bertz CT molecular complexity index is 782. The summed E-state index contributed by atoms with van der Waals surface area (Å²) in [6.07, 6.45) is 0. The van der Waals surface area contributed by atoms with Gasteiger partial charge in [0.25, 0.3) is 0 Å². The van der Waals surface area contributed by atoms with Gasteiger partial charge in [0.05, 0.1) is 6.04 Å². The van der Waals surface area contributed by atoms with E-state index < -0.39 is 0 Å². The van der Waals surface area contributed by atoms with Crippen molar-refractivity contribution in [2.75, 3.05) is 27.0 Å². The molecule has 1 N–H and O–H groups in total. The second kappa shape index (κ2) is 9.10. The number of likely N-dealkylation sites (N-methyl/N-ethyl adjacent to an activating group) is 1. The molecule has 0 aromatic heterocycles. The summed E-state index contributed by atoms with van der Waals surface area (Å²) in [5.74, 6) is 2.24. The molecule has 0 saturated heterocycles. The van der Waals surface area contributed by atoms with Crippen LogP contribution in [0.3, 0.4) is 0 Å². The number of benzene rings is 2. The lowest BCUT2D eigenvalue weighted by Gasteiger charge is -2.24. The summed E-state index contributed by atoms with van der Waals surface area (Å²) in [4.78, 5) is 14.4. The molecule has 1 aliphatic heterocycles. The summed E-state index contributed by atoms with van der Waals surface area (Å²) >= 11 is 3.40. The minimum atomic E-state index is -0.257. The molecular weight excluding hydrogens is 412 g/mol. The predicted octanol–water partition coefficient (Wildman–Crippen LogP) is 3.19. The van der Waals surface area contributed by atoms with E-state index in [9.17, 15) is 4.79 Å².